The molecule has 1 aromatic heterocycles. The first-order valence-electron chi connectivity index (χ1n) is 6.67. The van der Waals surface area contributed by atoms with E-state index >= 15 is 0 Å². The normalized spacial score (nSPS) is 11.7. The van der Waals surface area contributed by atoms with Gasteiger partial charge in [-0.25, -0.2) is 12.8 Å². The standard InChI is InChI=1S/C13H15FN4O3S2/c1-3-11(19)15-12-16-17-13(22-12)23(20,21)18(2)8-9-4-6-10(14)7-5-9/h4-7H,3,8H2,1-2H3,(H,15,16,19). The summed E-state index contributed by atoms with van der Waals surface area (Å²) >= 11 is 0.781. The van der Waals surface area contributed by atoms with Gasteiger partial charge in [0.15, 0.2) is 0 Å². The predicted octanol–water partition coefficient (Wildman–Crippen LogP) is 1.85. The molecular formula is C13H15FN4O3S2. The van der Waals surface area contributed by atoms with Crippen molar-refractivity contribution < 1.29 is 17.6 Å². The lowest BCUT2D eigenvalue weighted by molar-refractivity contribution is -0.115. The van der Waals surface area contributed by atoms with E-state index in [0.717, 1.165) is 15.6 Å². The van der Waals surface area contributed by atoms with Gasteiger partial charge in [0.2, 0.25) is 15.4 Å². The highest BCUT2D eigenvalue weighted by Gasteiger charge is 2.26. The summed E-state index contributed by atoms with van der Waals surface area (Å²) in [5.41, 5.74) is 0.640. The summed E-state index contributed by atoms with van der Waals surface area (Å²) < 4.78 is 38.6. The molecule has 23 heavy (non-hydrogen) atoms. The number of amides is 1. The third-order valence-corrected chi connectivity index (χ3v) is 5.91. The Morgan fingerprint density at radius 1 is 1.30 bits per heavy atom. The first kappa shape index (κ1) is 17.4. The minimum Gasteiger partial charge on any atom is -0.301 e. The molecule has 1 amide bonds. The quantitative estimate of drug-likeness (QED) is 0.796. The van der Waals surface area contributed by atoms with Crippen molar-refractivity contribution in [2.24, 2.45) is 0 Å². The average Bonchev–Trinajstić information content (AvgIpc) is 2.98. The fraction of sp³-hybridized carbons (Fsp3) is 0.308. The van der Waals surface area contributed by atoms with Gasteiger partial charge in [0.25, 0.3) is 10.0 Å². The zero-order valence-electron chi connectivity index (χ0n) is 12.5. The van der Waals surface area contributed by atoms with E-state index in [9.17, 15) is 17.6 Å². The SMILES string of the molecule is CCC(=O)Nc1nnc(S(=O)(=O)N(C)Cc2ccc(F)cc2)s1. The molecule has 1 aromatic carbocycles. The van der Waals surface area contributed by atoms with Crippen molar-refractivity contribution in [3.05, 3.63) is 35.6 Å². The van der Waals surface area contributed by atoms with E-state index in [2.05, 4.69) is 15.5 Å². The maximum absolute atomic E-state index is 12.9. The second-order valence-electron chi connectivity index (χ2n) is 4.66. The van der Waals surface area contributed by atoms with Crippen molar-refractivity contribution in [1.29, 1.82) is 0 Å². The molecule has 0 fully saturated rings. The average molecular weight is 358 g/mol. The van der Waals surface area contributed by atoms with Crippen molar-refractivity contribution in [3.63, 3.8) is 0 Å². The van der Waals surface area contributed by atoms with Crippen LogP contribution in [0.5, 0.6) is 0 Å². The number of carbonyl (C=O) groups is 1. The third kappa shape index (κ3) is 4.30. The Morgan fingerprint density at radius 2 is 1.96 bits per heavy atom. The first-order chi connectivity index (χ1) is 10.8. The smallest absolute Gasteiger partial charge is 0.272 e. The maximum atomic E-state index is 12.9. The van der Waals surface area contributed by atoms with E-state index in [0.29, 0.717) is 5.56 Å². The minimum atomic E-state index is -3.84. The maximum Gasteiger partial charge on any atom is 0.272 e. The molecule has 7 nitrogen and oxygen atoms in total. The molecule has 2 rings (SSSR count). The highest BCUT2D eigenvalue weighted by Crippen LogP contribution is 2.23. The van der Waals surface area contributed by atoms with Crippen LogP contribution in [0.1, 0.15) is 18.9 Å². The van der Waals surface area contributed by atoms with Crippen LogP contribution in [0, 0.1) is 5.82 Å². The van der Waals surface area contributed by atoms with Gasteiger partial charge in [0.05, 0.1) is 0 Å². The summed E-state index contributed by atoms with van der Waals surface area (Å²) in [5.74, 6) is -0.663. The number of anilines is 1. The molecule has 124 valence electrons. The molecule has 2 aromatic rings. The fourth-order valence-corrected chi connectivity index (χ4v) is 3.90. The van der Waals surface area contributed by atoms with Gasteiger partial charge in [-0.05, 0) is 17.7 Å². The van der Waals surface area contributed by atoms with Gasteiger partial charge in [-0.2, -0.15) is 4.31 Å². The molecule has 0 aliphatic heterocycles. The van der Waals surface area contributed by atoms with Crippen LogP contribution < -0.4 is 5.32 Å². The van der Waals surface area contributed by atoms with Gasteiger partial charge in [-0.1, -0.05) is 30.4 Å². The Labute approximate surface area is 137 Å². The zero-order chi connectivity index (χ0) is 17.0. The molecule has 0 spiro atoms. The lowest BCUT2D eigenvalue weighted by Crippen LogP contribution is -2.26. The second-order valence-corrected chi connectivity index (χ2v) is 7.86. The molecule has 0 saturated carbocycles. The highest BCUT2D eigenvalue weighted by atomic mass is 32.2. The molecule has 1 heterocycles. The third-order valence-electron chi connectivity index (χ3n) is 2.92. The van der Waals surface area contributed by atoms with E-state index in [1.165, 1.54) is 31.3 Å². The molecule has 10 heteroatoms. The highest BCUT2D eigenvalue weighted by molar-refractivity contribution is 7.91. The number of sulfonamides is 1. The molecule has 0 saturated heterocycles. The van der Waals surface area contributed by atoms with Crippen molar-refractivity contribution in [1.82, 2.24) is 14.5 Å². The number of halogens is 1. The molecule has 1 N–H and O–H groups in total. The Balaban J connectivity index is 2.13. The number of carbonyl (C=O) groups excluding carboxylic acids is 1. The van der Waals surface area contributed by atoms with E-state index < -0.39 is 10.0 Å². The van der Waals surface area contributed by atoms with Crippen LogP contribution >= 0.6 is 11.3 Å². The van der Waals surface area contributed by atoms with Crippen LogP contribution in [0.15, 0.2) is 28.6 Å². The van der Waals surface area contributed by atoms with Gasteiger partial charge in [-0.15, -0.1) is 10.2 Å². The lowest BCUT2D eigenvalue weighted by atomic mass is 10.2. The van der Waals surface area contributed by atoms with Crippen LogP contribution in [0.25, 0.3) is 0 Å². The molecule has 0 aliphatic rings. The van der Waals surface area contributed by atoms with Crippen LogP contribution in [0.4, 0.5) is 9.52 Å². The summed E-state index contributed by atoms with van der Waals surface area (Å²) in [6.07, 6.45) is 0.256. The Kier molecular flexibility index (Phi) is 5.39. The molecule has 0 bridgehead atoms. The number of rotatable bonds is 6. The topological polar surface area (TPSA) is 92.3 Å². The van der Waals surface area contributed by atoms with E-state index in [-0.39, 0.29) is 34.2 Å². The molecule has 0 atom stereocenters. The summed E-state index contributed by atoms with van der Waals surface area (Å²) in [7, 11) is -2.44. The van der Waals surface area contributed by atoms with E-state index in [1.54, 1.807) is 6.92 Å². The summed E-state index contributed by atoms with van der Waals surface area (Å²) in [6, 6.07) is 5.54. The van der Waals surface area contributed by atoms with Gasteiger partial charge in [0, 0.05) is 20.0 Å². The van der Waals surface area contributed by atoms with Crippen molar-refractivity contribution in [3.8, 4) is 0 Å². The van der Waals surface area contributed by atoms with Crippen molar-refractivity contribution in [2.45, 2.75) is 24.2 Å². The van der Waals surface area contributed by atoms with Crippen molar-refractivity contribution in [2.75, 3.05) is 12.4 Å². The van der Waals surface area contributed by atoms with Crippen molar-refractivity contribution >= 4 is 32.4 Å². The van der Waals surface area contributed by atoms with Gasteiger partial charge in [0.1, 0.15) is 5.82 Å². The predicted molar refractivity (Wildman–Crippen MR) is 83.9 cm³/mol. The lowest BCUT2D eigenvalue weighted by Gasteiger charge is -2.14. The minimum absolute atomic E-state index is 0.0683. The number of aromatic nitrogens is 2. The molecule has 0 unspecified atom stereocenters. The number of hydrogen-bond acceptors (Lipinski definition) is 6. The van der Waals surface area contributed by atoms with Gasteiger partial charge in [-0.3, -0.25) is 4.79 Å². The van der Waals surface area contributed by atoms with E-state index in [4.69, 9.17) is 0 Å². The van der Waals surface area contributed by atoms with Crippen LogP contribution in [-0.2, 0) is 21.4 Å². The van der Waals surface area contributed by atoms with Gasteiger partial charge < -0.3 is 5.32 Å². The largest absolute Gasteiger partial charge is 0.301 e. The first-order valence-corrected chi connectivity index (χ1v) is 8.92. The Hall–Kier alpha value is -1.91. The summed E-state index contributed by atoms with van der Waals surface area (Å²) in [4.78, 5) is 11.3. The fourth-order valence-electron chi connectivity index (χ4n) is 1.64. The van der Waals surface area contributed by atoms with Gasteiger partial charge >= 0.3 is 0 Å². The number of hydrogen-bond donors (Lipinski definition) is 1. The van der Waals surface area contributed by atoms with Crippen LogP contribution in [-0.4, -0.2) is 35.9 Å². The molecule has 0 aliphatic carbocycles. The van der Waals surface area contributed by atoms with Crippen LogP contribution in [0.2, 0.25) is 0 Å². The summed E-state index contributed by atoms with van der Waals surface area (Å²) in [6.45, 7) is 1.74. The van der Waals surface area contributed by atoms with Crippen LogP contribution in [0.3, 0.4) is 0 Å². The monoisotopic (exact) mass is 358 g/mol. The number of nitrogens with zero attached hydrogens (tertiary/aromatic N) is 3. The molecule has 0 radical (unpaired) electrons. The van der Waals surface area contributed by atoms with E-state index in [1.807, 2.05) is 0 Å². The zero-order valence-corrected chi connectivity index (χ0v) is 14.1. The molecular weight excluding hydrogens is 343 g/mol. The summed E-state index contributed by atoms with van der Waals surface area (Å²) in [5, 5.41) is 9.86. The number of benzene rings is 1. The Morgan fingerprint density at radius 3 is 2.57 bits per heavy atom. The second kappa shape index (κ2) is 7.11. The Bertz CT molecular complexity index is 790. The number of nitrogens with one attached hydrogen (secondary N) is 1.